The molecule has 0 aliphatic rings. The molecule has 0 spiro atoms. The molecule has 7 nitrogen and oxygen atoms in total. The van der Waals surface area contributed by atoms with E-state index in [2.05, 4.69) is 20.8 Å². The zero-order valence-electron chi connectivity index (χ0n) is 41.7. The second-order valence-corrected chi connectivity index (χ2v) is 18.3. The fourth-order valence-electron chi connectivity index (χ4n) is 7.94. The molecule has 0 aromatic carbocycles. The summed E-state index contributed by atoms with van der Waals surface area (Å²) >= 11 is 0. The van der Waals surface area contributed by atoms with Crippen molar-refractivity contribution in [3.05, 3.63) is 0 Å². The molecule has 0 rings (SSSR count). The zero-order chi connectivity index (χ0) is 44.7. The Morgan fingerprint density at radius 3 is 0.419 bits per heavy atom. The van der Waals surface area contributed by atoms with E-state index in [0.29, 0.717) is 19.3 Å². The Labute approximate surface area is 417 Å². The van der Waals surface area contributed by atoms with Gasteiger partial charge in [0.05, 0.1) is 0 Å². The first-order chi connectivity index (χ1) is 29.3. The van der Waals surface area contributed by atoms with Crippen molar-refractivity contribution in [2.24, 2.45) is 0 Å². The molecule has 8 heteroatoms. The van der Waals surface area contributed by atoms with Crippen LogP contribution < -0.4 is 6.15 Å². The number of carboxylic acid groups (broad SMARTS) is 3. The van der Waals surface area contributed by atoms with Crippen LogP contribution in [-0.4, -0.2) is 71.0 Å². The van der Waals surface area contributed by atoms with Crippen LogP contribution in [0.25, 0.3) is 0 Å². The molecule has 0 saturated heterocycles. The standard InChI is InChI=1S/3C18H36O2.Ca.H3N.2H/c3*1-2-3-4-5-6-7-8-9-10-11-12-13-14-15-16-17-18(19)20;;;;/h3*2-17H2,1H3,(H,19,20);;1H3;;. The molecule has 0 aromatic heterocycles. The molecule has 0 aliphatic heterocycles. The Kier molecular flexibility index (Phi) is 76.6. The molecule has 0 amide bonds. The van der Waals surface area contributed by atoms with Crippen LogP contribution in [0.1, 0.15) is 329 Å². The van der Waals surface area contributed by atoms with Crippen LogP contribution in [-0.2, 0) is 14.4 Å². The summed E-state index contributed by atoms with van der Waals surface area (Å²) in [7, 11) is 0. The summed E-state index contributed by atoms with van der Waals surface area (Å²) in [5, 5.41) is 25.6. The minimum absolute atomic E-state index is 0. The van der Waals surface area contributed by atoms with Crippen molar-refractivity contribution < 1.29 is 29.7 Å². The Bertz CT molecular complexity index is 724. The second-order valence-electron chi connectivity index (χ2n) is 18.3. The van der Waals surface area contributed by atoms with E-state index in [0.717, 1.165) is 38.5 Å². The van der Waals surface area contributed by atoms with E-state index in [1.54, 1.807) is 0 Å². The third-order valence-electron chi connectivity index (χ3n) is 12.0. The summed E-state index contributed by atoms with van der Waals surface area (Å²) in [5.74, 6) is -1.96. The first-order valence-electron chi connectivity index (χ1n) is 27.0. The molecule has 0 bridgehead atoms. The third kappa shape index (κ3) is 80.0. The average molecular weight is 913 g/mol. The van der Waals surface area contributed by atoms with Gasteiger partial charge in [-0.2, -0.15) is 0 Å². The third-order valence-corrected chi connectivity index (χ3v) is 12.0. The number of hydrogen-bond donors (Lipinski definition) is 4. The van der Waals surface area contributed by atoms with Crippen molar-refractivity contribution in [2.45, 2.75) is 329 Å². The van der Waals surface area contributed by atoms with Crippen molar-refractivity contribution >= 4 is 55.6 Å². The Hall–Kier alpha value is -0.370. The summed E-state index contributed by atoms with van der Waals surface area (Å²) < 4.78 is 0. The molecule has 0 heterocycles. The van der Waals surface area contributed by atoms with Gasteiger partial charge < -0.3 is 21.5 Å². The van der Waals surface area contributed by atoms with Gasteiger partial charge in [0.15, 0.2) is 0 Å². The van der Waals surface area contributed by atoms with E-state index >= 15 is 0 Å². The number of carboxylic acids is 3. The Balaban J connectivity index is -0.000000258. The summed E-state index contributed by atoms with van der Waals surface area (Å²) in [6.45, 7) is 6.81. The molecule has 6 N–H and O–H groups in total. The van der Waals surface area contributed by atoms with Gasteiger partial charge in [-0.05, 0) is 19.3 Å². The molecular formula is C54H113CaNO6. The number of unbranched alkanes of at least 4 members (excludes halogenated alkanes) is 42. The van der Waals surface area contributed by atoms with Crippen molar-refractivity contribution in [1.82, 2.24) is 6.15 Å². The molecule has 0 aromatic rings. The molecule has 0 saturated carbocycles. The quantitative estimate of drug-likeness (QED) is 0.0351. The molecule has 0 atom stereocenters. The van der Waals surface area contributed by atoms with Gasteiger partial charge >= 0.3 is 55.6 Å². The van der Waals surface area contributed by atoms with Crippen molar-refractivity contribution in [2.75, 3.05) is 0 Å². The normalized spacial score (nSPS) is 10.5. The van der Waals surface area contributed by atoms with E-state index in [4.69, 9.17) is 15.3 Å². The van der Waals surface area contributed by atoms with E-state index in [-0.39, 0.29) is 43.9 Å². The van der Waals surface area contributed by atoms with Crippen LogP contribution in [0.4, 0.5) is 0 Å². The summed E-state index contributed by atoms with van der Waals surface area (Å²) in [6, 6.07) is 0. The fourth-order valence-corrected chi connectivity index (χ4v) is 7.94. The average Bonchev–Trinajstić information content (AvgIpc) is 3.22. The van der Waals surface area contributed by atoms with Gasteiger partial charge in [-0.25, -0.2) is 0 Å². The van der Waals surface area contributed by atoms with Crippen LogP contribution in [0.2, 0.25) is 0 Å². The molecule has 62 heavy (non-hydrogen) atoms. The van der Waals surface area contributed by atoms with Crippen LogP contribution in [0.5, 0.6) is 0 Å². The molecule has 0 fully saturated rings. The Morgan fingerprint density at radius 1 is 0.226 bits per heavy atom. The van der Waals surface area contributed by atoms with Gasteiger partial charge in [0.2, 0.25) is 0 Å². The van der Waals surface area contributed by atoms with Gasteiger partial charge in [0.1, 0.15) is 0 Å². The van der Waals surface area contributed by atoms with E-state index in [1.165, 1.54) is 250 Å². The summed E-state index contributed by atoms with van der Waals surface area (Å²) in [6.07, 6.45) is 60.6. The first-order valence-corrected chi connectivity index (χ1v) is 27.0. The summed E-state index contributed by atoms with van der Waals surface area (Å²) in [5.41, 5.74) is 0. The topological polar surface area (TPSA) is 147 Å². The molecule has 0 aliphatic carbocycles. The zero-order valence-corrected chi connectivity index (χ0v) is 41.7. The van der Waals surface area contributed by atoms with Gasteiger partial charge in [-0.1, -0.05) is 290 Å². The van der Waals surface area contributed by atoms with E-state index in [1.807, 2.05) is 0 Å². The number of carbonyl (C=O) groups is 3. The first kappa shape index (κ1) is 70.6. The van der Waals surface area contributed by atoms with Gasteiger partial charge in [0.25, 0.3) is 0 Å². The van der Waals surface area contributed by atoms with Gasteiger partial charge in [-0.3, -0.25) is 14.4 Å². The van der Waals surface area contributed by atoms with Crippen LogP contribution in [0.15, 0.2) is 0 Å². The van der Waals surface area contributed by atoms with Crippen molar-refractivity contribution in [3.63, 3.8) is 0 Å². The molecular weight excluding hydrogens is 799 g/mol. The minimum atomic E-state index is -0.653. The number of aliphatic carboxylic acids is 3. The molecule has 0 unspecified atom stereocenters. The van der Waals surface area contributed by atoms with E-state index in [9.17, 15) is 14.4 Å². The summed E-state index contributed by atoms with van der Waals surface area (Å²) in [4.78, 5) is 31.0. The second kappa shape index (κ2) is 67.2. The van der Waals surface area contributed by atoms with Crippen LogP contribution in [0, 0.1) is 0 Å². The maximum absolute atomic E-state index is 10.3. The predicted octanol–water partition coefficient (Wildman–Crippen LogP) is 18.2. The number of rotatable bonds is 48. The maximum atomic E-state index is 10.3. The monoisotopic (exact) mass is 912 g/mol. The Morgan fingerprint density at radius 2 is 0.323 bits per heavy atom. The van der Waals surface area contributed by atoms with Crippen LogP contribution >= 0.6 is 0 Å². The number of hydrogen-bond acceptors (Lipinski definition) is 4. The molecule has 0 radical (unpaired) electrons. The fraction of sp³-hybridized carbons (Fsp3) is 0.944. The van der Waals surface area contributed by atoms with E-state index < -0.39 is 17.9 Å². The predicted molar refractivity (Wildman–Crippen MR) is 275 cm³/mol. The van der Waals surface area contributed by atoms with Crippen molar-refractivity contribution in [3.8, 4) is 0 Å². The molecule has 372 valence electrons. The van der Waals surface area contributed by atoms with Crippen LogP contribution in [0.3, 0.4) is 0 Å². The SMILES string of the molecule is CCCCCCCCCCCCCCCCCC(=O)O.CCCCCCCCCCCCCCCCCC(=O)O.CCCCCCCCCCCCCCCCCC(=O)O.N.[CaH2]. The van der Waals surface area contributed by atoms with Gasteiger partial charge in [-0.15, -0.1) is 0 Å². The van der Waals surface area contributed by atoms with Crippen molar-refractivity contribution in [1.29, 1.82) is 0 Å². The van der Waals surface area contributed by atoms with Gasteiger partial charge in [0, 0.05) is 19.3 Å².